The van der Waals surface area contributed by atoms with Crippen LogP contribution < -0.4 is 5.32 Å². The highest BCUT2D eigenvalue weighted by Crippen LogP contribution is 2.24. The van der Waals surface area contributed by atoms with E-state index in [0.717, 1.165) is 11.3 Å². The van der Waals surface area contributed by atoms with E-state index in [4.69, 9.17) is 4.84 Å². The summed E-state index contributed by atoms with van der Waals surface area (Å²) in [6, 6.07) is 9.70. The molecular formula is C12H16N2O2S2. The van der Waals surface area contributed by atoms with Gasteiger partial charge in [-0.2, -0.15) is 0 Å². The molecule has 1 aromatic carbocycles. The molecule has 0 atom stereocenters. The van der Waals surface area contributed by atoms with Crippen LogP contribution in [0, 0.1) is 0 Å². The van der Waals surface area contributed by atoms with Gasteiger partial charge < -0.3 is 5.32 Å². The predicted molar refractivity (Wildman–Crippen MR) is 79.3 cm³/mol. The fraction of sp³-hybridized carbons (Fsp3) is 0.333. The van der Waals surface area contributed by atoms with Gasteiger partial charge in [0.2, 0.25) is 0 Å². The quantitative estimate of drug-likeness (QED) is 0.391. The third-order valence-electron chi connectivity index (χ3n) is 2.15. The second kappa shape index (κ2) is 8.05. The van der Waals surface area contributed by atoms with E-state index in [2.05, 4.69) is 10.5 Å². The number of hydrogen-bond acceptors (Lipinski definition) is 5. The zero-order valence-corrected chi connectivity index (χ0v) is 12.2. The van der Waals surface area contributed by atoms with Gasteiger partial charge in [0.05, 0.1) is 4.58 Å². The Bertz CT molecular complexity index is 406. The minimum absolute atomic E-state index is 0.122. The number of rotatable bonds is 5. The van der Waals surface area contributed by atoms with Crippen LogP contribution in [-0.4, -0.2) is 35.9 Å². The molecule has 4 nitrogen and oxygen atoms in total. The molecule has 18 heavy (non-hydrogen) atoms. The third kappa shape index (κ3) is 4.27. The number of carbonyl (C=O) groups is 1. The van der Waals surface area contributed by atoms with Crippen molar-refractivity contribution < 1.29 is 9.63 Å². The number of carbonyl (C=O) groups excluding carboxylic acids is 1. The van der Waals surface area contributed by atoms with Gasteiger partial charge in [-0.25, -0.2) is 4.79 Å². The summed E-state index contributed by atoms with van der Waals surface area (Å²) in [4.78, 5) is 15.9. The van der Waals surface area contributed by atoms with Crippen molar-refractivity contribution in [1.82, 2.24) is 5.32 Å². The van der Waals surface area contributed by atoms with Gasteiger partial charge in [-0.15, -0.1) is 23.5 Å². The summed E-state index contributed by atoms with van der Waals surface area (Å²) in [5, 5.41) is 6.33. The molecule has 0 aliphatic carbocycles. The van der Waals surface area contributed by atoms with Crippen molar-refractivity contribution in [1.29, 1.82) is 0 Å². The highest BCUT2D eigenvalue weighted by Gasteiger charge is 2.17. The van der Waals surface area contributed by atoms with Crippen molar-refractivity contribution in [2.24, 2.45) is 5.16 Å². The number of thioether (sulfide) groups is 2. The summed E-state index contributed by atoms with van der Waals surface area (Å²) < 4.78 is 0.122. The maximum absolute atomic E-state index is 11.1. The van der Waals surface area contributed by atoms with Crippen molar-refractivity contribution in [2.75, 3.05) is 19.6 Å². The lowest BCUT2D eigenvalue weighted by Gasteiger charge is -2.14. The molecule has 0 aliphatic heterocycles. The fourth-order valence-electron chi connectivity index (χ4n) is 1.30. The topological polar surface area (TPSA) is 50.7 Å². The van der Waals surface area contributed by atoms with E-state index in [9.17, 15) is 4.79 Å². The summed E-state index contributed by atoms with van der Waals surface area (Å²) in [5.74, 6) is 0. The van der Waals surface area contributed by atoms with Crippen LogP contribution in [0.4, 0.5) is 4.79 Å². The summed E-state index contributed by atoms with van der Waals surface area (Å²) >= 11 is 3.31. The summed E-state index contributed by atoms with van der Waals surface area (Å²) in [5.41, 5.74) is 1.70. The van der Waals surface area contributed by atoms with E-state index >= 15 is 0 Å². The van der Waals surface area contributed by atoms with Gasteiger partial charge in [0.15, 0.2) is 0 Å². The molecule has 0 radical (unpaired) electrons. The summed E-state index contributed by atoms with van der Waals surface area (Å²) in [6.07, 6.45) is 3.43. The minimum atomic E-state index is -0.565. The molecule has 0 fully saturated rings. The van der Waals surface area contributed by atoms with Gasteiger partial charge in [0, 0.05) is 12.6 Å². The van der Waals surface area contributed by atoms with Gasteiger partial charge in [-0.1, -0.05) is 35.5 Å². The van der Waals surface area contributed by atoms with E-state index in [1.165, 1.54) is 7.05 Å². The van der Waals surface area contributed by atoms with Crippen molar-refractivity contribution in [3.63, 3.8) is 0 Å². The molecule has 0 heterocycles. The number of oxime groups is 1. The molecule has 0 aromatic heterocycles. The van der Waals surface area contributed by atoms with E-state index in [0.29, 0.717) is 0 Å². The standard InChI is InChI=1S/C12H16N2O2S2/c1-13-12(15)16-14-10(11(17-2)18-3)9-7-5-4-6-8-9/h4-8,11H,1-3H3,(H,13,15)/b14-10-. The van der Waals surface area contributed by atoms with Gasteiger partial charge in [-0.3, -0.25) is 4.84 Å². The lowest BCUT2D eigenvalue weighted by molar-refractivity contribution is 0.153. The molecule has 0 bridgehead atoms. The Morgan fingerprint density at radius 2 is 1.89 bits per heavy atom. The van der Waals surface area contributed by atoms with Crippen LogP contribution in [0.2, 0.25) is 0 Å². The lowest BCUT2D eigenvalue weighted by Crippen LogP contribution is -2.20. The van der Waals surface area contributed by atoms with Crippen molar-refractivity contribution in [3.05, 3.63) is 35.9 Å². The van der Waals surface area contributed by atoms with E-state index in [-0.39, 0.29) is 4.58 Å². The zero-order valence-electron chi connectivity index (χ0n) is 10.5. The summed E-state index contributed by atoms with van der Waals surface area (Å²) in [7, 11) is 1.50. The van der Waals surface area contributed by atoms with Crippen molar-refractivity contribution in [3.8, 4) is 0 Å². The number of benzene rings is 1. The molecule has 1 amide bonds. The molecule has 1 N–H and O–H groups in total. The van der Waals surface area contributed by atoms with Crippen LogP contribution in [0.5, 0.6) is 0 Å². The lowest BCUT2D eigenvalue weighted by atomic mass is 10.1. The van der Waals surface area contributed by atoms with Crippen LogP contribution in [0.1, 0.15) is 5.56 Å². The maximum Gasteiger partial charge on any atom is 0.433 e. The van der Waals surface area contributed by atoms with Crippen LogP contribution >= 0.6 is 23.5 Å². The average Bonchev–Trinajstić information content (AvgIpc) is 2.44. The van der Waals surface area contributed by atoms with E-state index in [1.54, 1.807) is 23.5 Å². The molecule has 6 heteroatoms. The Balaban J connectivity index is 2.98. The first-order chi connectivity index (χ1) is 8.72. The Morgan fingerprint density at radius 1 is 1.28 bits per heavy atom. The normalized spacial score (nSPS) is 11.4. The Labute approximate surface area is 116 Å². The largest absolute Gasteiger partial charge is 0.433 e. The Morgan fingerprint density at radius 3 is 2.39 bits per heavy atom. The highest BCUT2D eigenvalue weighted by atomic mass is 32.2. The SMILES string of the molecule is CNC(=O)O/N=C(/c1ccccc1)C(SC)SC. The van der Waals surface area contributed by atoms with Crippen LogP contribution in [0.25, 0.3) is 0 Å². The first kappa shape index (κ1) is 14.9. The van der Waals surface area contributed by atoms with Gasteiger partial charge in [0.25, 0.3) is 0 Å². The molecule has 0 unspecified atom stereocenters. The van der Waals surface area contributed by atoms with E-state index < -0.39 is 6.09 Å². The smallest absolute Gasteiger partial charge is 0.323 e. The second-order valence-electron chi connectivity index (χ2n) is 3.27. The van der Waals surface area contributed by atoms with Crippen LogP contribution in [-0.2, 0) is 4.84 Å². The number of hydrogen-bond donors (Lipinski definition) is 1. The van der Waals surface area contributed by atoms with Crippen molar-refractivity contribution in [2.45, 2.75) is 4.58 Å². The average molecular weight is 284 g/mol. The molecule has 0 spiro atoms. The van der Waals surface area contributed by atoms with Crippen molar-refractivity contribution >= 4 is 35.3 Å². The fourth-order valence-corrected chi connectivity index (χ4v) is 2.87. The summed E-state index contributed by atoms with van der Waals surface area (Å²) in [6.45, 7) is 0. The van der Waals surface area contributed by atoms with Gasteiger partial charge in [-0.05, 0) is 12.5 Å². The number of nitrogens with one attached hydrogen (secondary N) is 1. The number of nitrogens with zero attached hydrogens (tertiary/aromatic N) is 1. The molecule has 1 rings (SSSR count). The molecule has 98 valence electrons. The molecule has 0 saturated carbocycles. The molecule has 0 aliphatic rings. The van der Waals surface area contributed by atoms with Crippen LogP contribution in [0.15, 0.2) is 35.5 Å². The molecule has 1 aromatic rings. The minimum Gasteiger partial charge on any atom is -0.323 e. The molecular weight excluding hydrogens is 268 g/mol. The highest BCUT2D eigenvalue weighted by molar-refractivity contribution is 8.17. The van der Waals surface area contributed by atoms with Gasteiger partial charge in [0.1, 0.15) is 5.71 Å². The van der Waals surface area contributed by atoms with Crippen LogP contribution in [0.3, 0.4) is 0 Å². The monoisotopic (exact) mass is 284 g/mol. The number of amides is 1. The second-order valence-corrected chi connectivity index (χ2v) is 5.46. The third-order valence-corrected chi connectivity index (χ3v) is 4.61. The van der Waals surface area contributed by atoms with Gasteiger partial charge >= 0.3 is 6.09 Å². The zero-order chi connectivity index (χ0) is 13.4. The predicted octanol–water partition coefficient (Wildman–Crippen LogP) is 2.80. The first-order valence-corrected chi connectivity index (χ1v) is 7.88. The Kier molecular flexibility index (Phi) is 6.67. The first-order valence-electron chi connectivity index (χ1n) is 5.30. The maximum atomic E-state index is 11.1. The Hall–Kier alpha value is -1.14. The van der Waals surface area contributed by atoms with E-state index in [1.807, 2.05) is 42.8 Å². The molecule has 0 saturated heterocycles.